The van der Waals surface area contributed by atoms with E-state index < -0.39 is 0 Å². The highest BCUT2D eigenvalue weighted by Gasteiger charge is 2.29. The van der Waals surface area contributed by atoms with Crippen molar-refractivity contribution in [2.75, 3.05) is 6.54 Å². The molecular formula is C31H40N6O. The summed E-state index contributed by atoms with van der Waals surface area (Å²) in [5.74, 6) is 0.924. The first-order valence-electron chi connectivity index (χ1n) is 14.1. The molecule has 1 aliphatic carbocycles. The van der Waals surface area contributed by atoms with Crippen molar-refractivity contribution >= 4 is 10.9 Å². The molecule has 2 aromatic heterocycles. The maximum absolute atomic E-state index is 13.3. The zero-order valence-corrected chi connectivity index (χ0v) is 23.2. The first-order valence-corrected chi connectivity index (χ1v) is 14.1. The van der Waals surface area contributed by atoms with Crippen molar-refractivity contribution in [3.63, 3.8) is 0 Å². The van der Waals surface area contributed by atoms with Gasteiger partial charge in [-0.2, -0.15) is 0 Å². The molecule has 0 aliphatic heterocycles. The molecule has 0 amide bonds. The van der Waals surface area contributed by atoms with Gasteiger partial charge in [0.15, 0.2) is 5.82 Å². The second kappa shape index (κ2) is 11.6. The van der Waals surface area contributed by atoms with Crippen molar-refractivity contribution in [2.24, 2.45) is 0 Å². The number of aromatic nitrogens is 5. The number of rotatable bonds is 9. The number of tetrazole rings is 1. The summed E-state index contributed by atoms with van der Waals surface area (Å²) < 4.78 is 2.09. The van der Waals surface area contributed by atoms with Crippen LogP contribution in [0.1, 0.15) is 91.2 Å². The summed E-state index contributed by atoms with van der Waals surface area (Å²) in [6.07, 6.45) is 7.76. The third kappa shape index (κ3) is 5.58. The van der Waals surface area contributed by atoms with E-state index in [1.807, 2.05) is 0 Å². The summed E-state index contributed by atoms with van der Waals surface area (Å²) in [5, 5.41) is 14.3. The number of pyridine rings is 1. The van der Waals surface area contributed by atoms with Crippen LogP contribution in [0, 0.1) is 20.8 Å². The second-order valence-corrected chi connectivity index (χ2v) is 11.0. The molecule has 0 bridgehead atoms. The Morgan fingerprint density at radius 2 is 1.82 bits per heavy atom. The van der Waals surface area contributed by atoms with E-state index in [-0.39, 0.29) is 11.6 Å². The van der Waals surface area contributed by atoms with Gasteiger partial charge >= 0.3 is 0 Å². The van der Waals surface area contributed by atoms with Gasteiger partial charge in [-0.15, -0.1) is 5.10 Å². The lowest BCUT2D eigenvalue weighted by molar-refractivity contribution is 0.165. The molecule has 7 heteroatoms. The highest BCUT2D eigenvalue weighted by molar-refractivity contribution is 5.82. The van der Waals surface area contributed by atoms with Crippen LogP contribution in [0.15, 0.2) is 47.3 Å². The molecular weight excluding hydrogens is 472 g/mol. The minimum absolute atomic E-state index is 0.0188. The van der Waals surface area contributed by atoms with Crippen molar-refractivity contribution < 1.29 is 0 Å². The van der Waals surface area contributed by atoms with E-state index in [0.717, 1.165) is 60.1 Å². The molecule has 38 heavy (non-hydrogen) atoms. The summed E-state index contributed by atoms with van der Waals surface area (Å²) >= 11 is 0. The van der Waals surface area contributed by atoms with E-state index >= 15 is 0 Å². The van der Waals surface area contributed by atoms with E-state index in [1.165, 1.54) is 36.0 Å². The van der Waals surface area contributed by atoms with Crippen LogP contribution in [0.25, 0.3) is 10.9 Å². The minimum Gasteiger partial charge on any atom is -0.321 e. The lowest BCUT2D eigenvalue weighted by Crippen LogP contribution is -2.35. The number of H-pyrrole nitrogens is 1. The third-order valence-electron chi connectivity index (χ3n) is 8.24. The fourth-order valence-electron chi connectivity index (χ4n) is 6.18. The molecule has 5 rings (SSSR count). The van der Waals surface area contributed by atoms with Gasteiger partial charge < -0.3 is 4.98 Å². The number of benzene rings is 2. The van der Waals surface area contributed by atoms with Gasteiger partial charge in [-0.05, 0) is 91.1 Å². The minimum atomic E-state index is -0.0212. The molecule has 1 atom stereocenters. The van der Waals surface area contributed by atoms with Crippen LogP contribution in [0.5, 0.6) is 0 Å². The molecule has 1 unspecified atom stereocenters. The van der Waals surface area contributed by atoms with Gasteiger partial charge in [0, 0.05) is 18.7 Å². The Bertz CT molecular complexity index is 1450. The van der Waals surface area contributed by atoms with Gasteiger partial charge in [0.25, 0.3) is 5.56 Å². The Hall–Kier alpha value is -3.32. The number of fused-ring (bicyclic) bond motifs is 1. The normalized spacial score (nSPS) is 15.4. The van der Waals surface area contributed by atoms with Crippen LogP contribution in [-0.4, -0.2) is 36.6 Å². The average Bonchev–Trinajstić information content (AvgIpc) is 3.39. The molecule has 0 saturated heterocycles. The summed E-state index contributed by atoms with van der Waals surface area (Å²) in [6, 6.07) is 15.3. The Morgan fingerprint density at radius 3 is 2.58 bits per heavy atom. The van der Waals surface area contributed by atoms with Crippen molar-refractivity contribution in [2.45, 2.75) is 91.3 Å². The molecule has 1 fully saturated rings. The van der Waals surface area contributed by atoms with Crippen molar-refractivity contribution in [1.29, 1.82) is 0 Å². The number of aryl methyl sites for hydroxylation is 3. The standard InChI is InChI=1S/C31H40N6O/c1-5-28(30-33-34-35-37(30)27-13-7-6-8-14-27)36(16-15-24-12-10-9-11-22(24)3)20-26-19-25-18-21(2)17-23(4)29(25)32-31(26)38/h9-12,17-19,27-28H,5-8,13-16,20H2,1-4H3,(H,32,38). The number of hydrogen-bond acceptors (Lipinski definition) is 5. The maximum Gasteiger partial charge on any atom is 0.252 e. The number of nitrogens with one attached hydrogen (secondary N) is 1. The first-order chi connectivity index (χ1) is 18.4. The van der Waals surface area contributed by atoms with Gasteiger partial charge in [0.1, 0.15) is 0 Å². The molecule has 2 heterocycles. The third-order valence-corrected chi connectivity index (χ3v) is 8.24. The summed E-state index contributed by atoms with van der Waals surface area (Å²) in [5.41, 5.74) is 6.60. The quantitative estimate of drug-likeness (QED) is 0.291. The van der Waals surface area contributed by atoms with Gasteiger partial charge in [0.2, 0.25) is 0 Å². The monoisotopic (exact) mass is 512 g/mol. The Balaban J connectivity index is 1.51. The molecule has 1 saturated carbocycles. The van der Waals surface area contributed by atoms with E-state index in [2.05, 4.69) is 100 Å². The summed E-state index contributed by atoms with van der Waals surface area (Å²) in [4.78, 5) is 18.9. The predicted molar refractivity (Wildman–Crippen MR) is 152 cm³/mol. The van der Waals surface area contributed by atoms with Gasteiger partial charge in [-0.25, -0.2) is 4.68 Å². The Kier molecular flexibility index (Phi) is 8.03. The van der Waals surface area contributed by atoms with Crippen LogP contribution < -0.4 is 5.56 Å². The van der Waals surface area contributed by atoms with Crippen LogP contribution in [0.2, 0.25) is 0 Å². The van der Waals surface area contributed by atoms with Crippen molar-refractivity contribution in [1.82, 2.24) is 30.1 Å². The van der Waals surface area contributed by atoms with Crippen molar-refractivity contribution in [3.05, 3.63) is 86.5 Å². The SMILES string of the molecule is CCC(c1nnnn1C1CCCCC1)N(CCc1ccccc1C)Cc1cc2cc(C)cc(C)c2[nH]c1=O. The van der Waals surface area contributed by atoms with Crippen molar-refractivity contribution in [3.8, 4) is 0 Å². The number of aromatic amines is 1. The molecule has 2 aromatic carbocycles. The van der Waals surface area contributed by atoms with E-state index in [0.29, 0.717) is 12.6 Å². The van der Waals surface area contributed by atoms with Crippen LogP contribution in [0.4, 0.5) is 0 Å². The smallest absolute Gasteiger partial charge is 0.252 e. The predicted octanol–water partition coefficient (Wildman–Crippen LogP) is 6.14. The highest BCUT2D eigenvalue weighted by Crippen LogP contribution is 2.32. The van der Waals surface area contributed by atoms with Gasteiger partial charge in [0.05, 0.1) is 17.6 Å². The van der Waals surface area contributed by atoms with E-state index in [1.54, 1.807) is 0 Å². The Labute approximate surface area is 225 Å². The molecule has 4 aromatic rings. The van der Waals surface area contributed by atoms with E-state index in [9.17, 15) is 4.79 Å². The second-order valence-electron chi connectivity index (χ2n) is 11.0. The lowest BCUT2D eigenvalue weighted by Gasteiger charge is -2.32. The van der Waals surface area contributed by atoms with Crippen LogP contribution in [0.3, 0.4) is 0 Å². The Morgan fingerprint density at radius 1 is 1.03 bits per heavy atom. The topological polar surface area (TPSA) is 79.7 Å². The molecule has 200 valence electrons. The number of hydrogen-bond donors (Lipinski definition) is 1. The molecule has 0 radical (unpaired) electrons. The zero-order valence-electron chi connectivity index (χ0n) is 23.2. The summed E-state index contributed by atoms with van der Waals surface area (Å²) in [7, 11) is 0. The van der Waals surface area contributed by atoms with Crippen LogP contribution >= 0.6 is 0 Å². The van der Waals surface area contributed by atoms with Gasteiger partial charge in [-0.3, -0.25) is 9.69 Å². The largest absolute Gasteiger partial charge is 0.321 e. The summed E-state index contributed by atoms with van der Waals surface area (Å²) in [6.45, 7) is 9.87. The maximum atomic E-state index is 13.3. The molecule has 7 nitrogen and oxygen atoms in total. The fraction of sp³-hybridized carbons (Fsp3) is 0.484. The van der Waals surface area contributed by atoms with Crippen LogP contribution in [-0.2, 0) is 13.0 Å². The van der Waals surface area contributed by atoms with E-state index in [4.69, 9.17) is 0 Å². The average molecular weight is 513 g/mol. The molecule has 1 N–H and O–H groups in total. The fourth-order valence-corrected chi connectivity index (χ4v) is 6.18. The highest BCUT2D eigenvalue weighted by atomic mass is 16.1. The van der Waals surface area contributed by atoms with Gasteiger partial charge in [-0.1, -0.05) is 62.1 Å². The first kappa shape index (κ1) is 26.3. The molecule has 0 spiro atoms. The lowest BCUT2D eigenvalue weighted by atomic mass is 9.95. The molecule has 1 aliphatic rings. The number of nitrogens with zero attached hydrogens (tertiary/aromatic N) is 5. The zero-order chi connectivity index (χ0) is 26.6.